The van der Waals surface area contributed by atoms with Gasteiger partial charge in [0, 0.05) is 16.1 Å². The van der Waals surface area contributed by atoms with Crippen LogP contribution < -0.4 is 5.32 Å². The first-order valence-electron chi connectivity index (χ1n) is 5.19. The molecule has 0 radical (unpaired) electrons. The molecule has 0 heterocycles. The van der Waals surface area contributed by atoms with Crippen LogP contribution in [0.4, 0.5) is 4.39 Å². The quantitative estimate of drug-likeness (QED) is 0.925. The van der Waals surface area contributed by atoms with E-state index in [-0.39, 0.29) is 5.82 Å². The molecule has 0 saturated heterocycles. The van der Waals surface area contributed by atoms with Crippen molar-refractivity contribution in [1.29, 1.82) is 5.26 Å². The van der Waals surface area contributed by atoms with Gasteiger partial charge in [-0.15, -0.1) is 0 Å². The van der Waals surface area contributed by atoms with Gasteiger partial charge >= 0.3 is 0 Å². The average molecular weight is 283 g/mol. The fourth-order valence-corrected chi connectivity index (χ4v) is 2.05. The summed E-state index contributed by atoms with van der Waals surface area (Å²) < 4.78 is 14.5. The van der Waals surface area contributed by atoms with Crippen LogP contribution in [0.3, 0.4) is 0 Å². The molecule has 16 heavy (non-hydrogen) atoms. The molecule has 1 aliphatic carbocycles. The van der Waals surface area contributed by atoms with Crippen LogP contribution in [0.15, 0.2) is 22.7 Å². The maximum absolute atomic E-state index is 13.7. The van der Waals surface area contributed by atoms with E-state index in [1.165, 1.54) is 6.07 Å². The number of hydrogen-bond acceptors (Lipinski definition) is 2. The highest BCUT2D eigenvalue weighted by Crippen LogP contribution is 2.30. The summed E-state index contributed by atoms with van der Waals surface area (Å²) in [6, 6.07) is 7.18. The minimum absolute atomic E-state index is 0.347. The molecule has 1 N–H and O–H groups in total. The normalized spacial score (nSPS) is 18.9. The maximum atomic E-state index is 13.7. The molecule has 0 aliphatic heterocycles. The molecule has 0 aromatic heterocycles. The molecule has 1 atom stereocenters. The zero-order chi connectivity index (χ0) is 11.8. The molecule has 1 saturated carbocycles. The molecule has 0 bridgehead atoms. The van der Waals surface area contributed by atoms with E-state index in [0.717, 1.165) is 17.3 Å². The number of benzene rings is 1. The minimum atomic E-state index is -0.949. The van der Waals surface area contributed by atoms with Crippen molar-refractivity contribution in [3.05, 3.63) is 34.1 Å². The Morgan fingerprint density at radius 2 is 2.25 bits per heavy atom. The number of nitrogens with one attached hydrogen (secondary N) is 1. The fourth-order valence-electron chi connectivity index (χ4n) is 1.69. The van der Waals surface area contributed by atoms with Crippen molar-refractivity contribution in [1.82, 2.24) is 5.32 Å². The van der Waals surface area contributed by atoms with Gasteiger partial charge in [0.2, 0.25) is 0 Å². The van der Waals surface area contributed by atoms with Gasteiger partial charge in [0.25, 0.3) is 0 Å². The smallest absolute Gasteiger partial charge is 0.132 e. The lowest BCUT2D eigenvalue weighted by Crippen LogP contribution is -2.40. The van der Waals surface area contributed by atoms with Gasteiger partial charge in [0.05, 0.1) is 6.07 Å². The van der Waals surface area contributed by atoms with Crippen LogP contribution in [-0.4, -0.2) is 6.04 Å². The van der Waals surface area contributed by atoms with Gasteiger partial charge in [-0.05, 0) is 38.0 Å². The SMILES string of the molecule is CC(C#N)(NC1CC1)c1cc(Br)ccc1F. The van der Waals surface area contributed by atoms with Gasteiger partial charge in [-0.1, -0.05) is 15.9 Å². The Hall–Kier alpha value is -0.920. The summed E-state index contributed by atoms with van der Waals surface area (Å²) in [6.45, 7) is 1.72. The summed E-state index contributed by atoms with van der Waals surface area (Å²) >= 11 is 3.30. The Balaban J connectivity index is 2.38. The van der Waals surface area contributed by atoms with Crippen LogP contribution >= 0.6 is 15.9 Å². The third kappa shape index (κ3) is 2.26. The molecule has 1 aromatic rings. The average Bonchev–Trinajstić information content (AvgIpc) is 3.05. The molecular weight excluding hydrogens is 271 g/mol. The maximum Gasteiger partial charge on any atom is 0.132 e. The van der Waals surface area contributed by atoms with Crippen LogP contribution in [0, 0.1) is 17.1 Å². The van der Waals surface area contributed by atoms with Gasteiger partial charge in [-0.3, -0.25) is 5.32 Å². The van der Waals surface area contributed by atoms with E-state index in [2.05, 4.69) is 27.3 Å². The molecule has 2 rings (SSSR count). The zero-order valence-electron chi connectivity index (χ0n) is 8.93. The van der Waals surface area contributed by atoms with Crippen molar-refractivity contribution < 1.29 is 4.39 Å². The number of halogens is 2. The zero-order valence-corrected chi connectivity index (χ0v) is 10.5. The van der Waals surface area contributed by atoms with E-state index >= 15 is 0 Å². The molecule has 2 nitrogen and oxygen atoms in total. The summed E-state index contributed by atoms with van der Waals surface area (Å²) in [6.07, 6.45) is 2.12. The second-order valence-corrected chi connectivity index (χ2v) is 5.20. The third-order valence-electron chi connectivity index (χ3n) is 2.76. The lowest BCUT2D eigenvalue weighted by Gasteiger charge is -2.24. The Morgan fingerprint density at radius 3 is 2.81 bits per heavy atom. The molecule has 1 unspecified atom stereocenters. The van der Waals surface area contributed by atoms with Crippen LogP contribution in [-0.2, 0) is 5.54 Å². The summed E-state index contributed by atoms with van der Waals surface area (Å²) in [4.78, 5) is 0. The minimum Gasteiger partial charge on any atom is -0.293 e. The van der Waals surface area contributed by atoms with Gasteiger partial charge in [0.1, 0.15) is 11.4 Å². The van der Waals surface area contributed by atoms with Gasteiger partial charge in [-0.25, -0.2) is 4.39 Å². The lowest BCUT2D eigenvalue weighted by molar-refractivity contribution is 0.438. The molecule has 4 heteroatoms. The molecular formula is C12H12BrFN2. The van der Waals surface area contributed by atoms with Crippen molar-refractivity contribution in [3.8, 4) is 6.07 Å². The van der Waals surface area contributed by atoms with E-state index in [1.54, 1.807) is 19.1 Å². The highest BCUT2D eigenvalue weighted by molar-refractivity contribution is 9.10. The predicted octanol–water partition coefficient (Wildman–Crippen LogP) is 3.08. The Labute approximate surface area is 103 Å². The molecule has 0 amide bonds. The summed E-state index contributed by atoms with van der Waals surface area (Å²) in [5, 5.41) is 12.4. The number of hydrogen-bond donors (Lipinski definition) is 1. The second-order valence-electron chi connectivity index (χ2n) is 4.28. The van der Waals surface area contributed by atoms with Crippen LogP contribution in [0.25, 0.3) is 0 Å². The van der Waals surface area contributed by atoms with E-state index in [4.69, 9.17) is 0 Å². The molecule has 1 fully saturated rings. The lowest BCUT2D eigenvalue weighted by atomic mass is 9.93. The van der Waals surface area contributed by atoms with Gasteiger partial charge in [0.15, 0.2) is 0 Å². The van der Waals surface area contributed by atoms with E-state index in [0.29, 0.717) is 11.6 Å². The van der Waals surface area contributed by atoms with Crippen LogP contribution in [0.5, 0.6) is 0 Å². The van der Waals surface area contributed by atoms with E-state index in [1.807, 2.05) is 0 Å². The predicted molar refractivity (Wildman–Crippen MR) is 63.2 cm³/mol. The first-order valence-corrected chi connectivity index (χ1v) is 5.99. The largest absolute Gasteiger partial charge is 0.293 e. The second kappa shape index (κ2) is 4.15. The Kier molecular flexibility index (Phi) is 3.00. The summed E-state index contributed by atoms with van der Waals surface area (Å²) in [5.41, 5.74) is -0.550. The molecule has 1 aromatic carbocycles. The van der Waals surface area contributed by atoms with Crippen molar-refractivity contribution >= 4 is 15.9 Å². The topological polar surface area (TPSA) is 35.8 Å². The Morgan fingerprint density at radius 1 is 1.56 bits per heavy atom. The number of nitrogens with zero attached hydrogens (tertiary/aromatic N) is 1. The summed E-state index contributed by atoms with van der Waals surface area (Å²) in [5.74, 6) is -0.347. The standard InChI is InChI=1S/C12H12BrFN2/c1-12(7-15,16-9-3-4-9)10-6-8(13)2-5-11(10)14/h2,5-6,9,16H,3-4H2,1H3. The summed E-state index contributed by atoms with van der Waals surface area (Å²) in [7, 11) is 0. The fraction of sp³-hybridized carbons (Fsp3) is 0.417. The van der Waals surface area contributed by atoms with E-state index in [9.17, 15) is 9.65 Å². The first-order chi connectivity index (χ1) is 7.55. The van der Waals surface area contributed by atoms with Gasteiger partial charge < -0.3 is 0 Å². The highest BCUT2D eigenvalue weighted by atomic mass is 79.9. The first kappa shape index (κ1) is 11.6. The van der Waals surface area contributed by atoms with Crippen LogP contribution in [0.2, 0.25) is 0 Å². The van der Waals surface area contributed by atoms with Crippen molar-refractivity contribution in [2.24, 2.45) is 0 Å². The highest BCUT2D eigenvalue weighted by Gasteiger charge is 2.35. The monoisotopic (exact) mass is 282 g/mol. The number of nitriles is 1. The molecule has 84 valence electrons. The Bertz CT molecular complexity index is 451. The molecule has 1 aliphatic rings. The van der Waals surface area contributed by atoms with Crippen molar-refractivity contribution in [2.45, 2.75) is 31.3 Å². The molecule has 0 spiro atoms. The van der Waals surface area contributed by atoms with Crippen LogP contribution in [0.1, 0.15) is 25.3 Å². The van der Waals surface area contributed by atoms with Crippen molar-refractivity contribution in [2.75, 3.05) is 0 Å². The van der Waals surface area contributed by atoms with Gasteiger partial charge in [-0.2, -0.15) is 5.26 Å². The van der Waals surface area contributed by atoms with Crippen molar-refractivity contribution in [3.63, 3.8) is 0 Å². The number of rotatable bonds is 3. The van der Waals surface area contributed by atoms with E-state index < -0.39 is 5.54 Å². The third-order valence-corrected chi connectivity index (χ3v) is 3.25.